The van der Waals surface area contributed by atoms with Gasteiger partial charge < -0.3 is 9.64 Å². The first-order valence-electron chi connectivity index (χ1n) is 15.2. The van der Waals surface area contributed by atoms with Crippen molar-refractivity contribution >= 4 is 11.9 Å². The number of rotatable bonds is 8. The Morgan fingerprint density at radius 1 is 0.821 bits per heavy atom. The van der Waals surface area contributed by atoms with E-state index in [1.54, 1.807) is 6.92 Å². The number of benzene rings is 2. The SMILES string of the molecule is CCCCC[C@H]1CC[C@H](c2ccc(-c3ccc(C(=O)OC4CC(C)(C)N(C(C)=O)C(C)(C)C4)cc3)cc2)CC1. The summed E-state index contributed by atoms with van der Waals surface area (Å²) in [6.07, 6.45) is 11.9. The van der Waals surface area contributed by atoms with Crippen LogP contribution in [-0.4, -0.2) is 34.0 Å². The Hall–Kier alpha value is -2.62. The number of esters is 1. The summed E-state index contributed by atoms with van der Waals surface area (Å²) in [6, 6.07) is 16.8. The van der Waals surface area contributed by atoms with Gasteiger partial charge in [-0.15, -0.1) is 0 Å². The first-order chi connectivity index (χ1) is 18.5. The van der Waals surface area contributed by atoms with Crippen molar-refractivity contribution in [1.82, 2.24) is 4.90 Å². The summed E-state index contributed by atoms with van der Waals surface area (Å²) in [5.41, 5.74) is 3.57. The van der Waals surface area contributed by atoms with Gasteiger partial charge in [0.2, 0.25) is 5.91 Å². The molecule has 0 atom stereocenters. The summed E-state index contributed by atoms with van der Waals surface area (Å²) in [7, 11) is 0. The molecule has 2 aromatic rings. The lowest BCUT2D eigenvalue weighted by Gasteiger charge is -2.54. The minimum absolute atomic E-state index is 0.0589. The molecule has 0 N–H and O–H groups in total. The van der Waals surface area contributed by atoms with Crippen LogP contribution in [0.1, 0.15) is 128 Å². The highest BCUT2D eigenvalue weighted by Crippen LogP contribution is 2.40. The number of amides is 1. The van der Waals surface area contributed by atoms with E-state index in [-0.39, 0.29) is 29.1 Å². The third-order valence-electron chi connectivity index (χ3n) is 9.15. The Bertz CT molecular complexity index is 1090. The summed E-state index contributed by atoms with van der Waals surface area (Å²) < 4.78 is 5.96. The second-order valence-electron chi connectivity index (χ2n) is 13.3. The molecule has 4 heteroatoms. The van der Waals surface area contributed by atoms with Gasteiger partial charge in [-0.3, -0.25) is 4.79 Å². The monoisotopic (exact) mass is 531 g/mol. The highest BCUT2D eigenvalue weighted by molar-refractivity contribution is 5.90. The first kappa shape index (κ1) is 29.4. The number of unbranched alkanes of at least 4 members (excludes halogenated alkanes) is 2. The molecule has 0 bridgehead atoms. The van der Waals surface area contributed by atoms with Gasteiger partial charge in [0.25, 0.3) is 0 Å². The van der Waals surface area contributed by atoms with Crippen LogP contribution < -0.4 is 0 Å². The largest absolute Gasteiger partial charge is 0.459 e. The fourth-order valence-electron chi connectivity index (χ4n) is 7.56. The number of piperidine rings is 1. The van der Waals surface area contributed by atoms with Gasteiger partial charge in [-0.1, -0.05) is 69.0 Å². The number of likely N-dealkylation sites (tertiary alicyclic amines) is 1. The van der Waals surface area contributed by atoms with Crippen LogP contribution in [0.15, 0.2) is 48.5 Å². The van der Waals surface area contributed by atoms with E-state index in [0.29, 0.717) is 24.3 Å². The van der Waals surface area contributed by atoms with Crippen molar-refractivity contribution in [2.75, 3.05) is 0 Å². The second kappa shape index (κ2) is 12.3. The smallest absolute Gasteiger partial charge is 0.338 e. The lowest BCUT2D eigenvalue weighted by molar-refractivity contribution is -0.152. The fraction of sp³-hybridized carbons (Fsp3) is 0.600. The minimum Gasteiger partial charge on any atom is -0.459 e. The Morgan fingerprint density at radius 3 is 1.87 bits per heavy atom. The van der Waals surface area contributed by atoms with Crippen molar-refractivity contribution < 1.29 is 14.3 Å². The maximum absolute atomic E-state index is 13.0. The van der Waals surface area contributed by atoms with E-state index in [1.165, 1.54) is 62.5 Å². The van der Waals surface area contributed by atoms with Crippen molar-refractivity contribution in [3.05, 3.63) is 59.7 Å². The van der Waals surface area contributed by atoms with Gasteiger partial charge in [0, 0.05) is 30.8 Å². The lowest BCUT2D eigenvalue weighted by atomic mass is 9.77. The molecule has 0 spiro atoms. The van der Waals surface area contributed by atoms with E-state index in [2.05, 4.69) is 58.9 Å². The van der Waals surface area contributed by atoms with Crippen LogP contribution in [0.2, 0.25) is 0 Å². The first-order valence-corrected chi connectivity index (χ1v) is 15.2. The summed E-state index contributed by atoms with van der Waals surface area (Å²) in [5.74, 6) is 1.39. The number of hydrogen-bond donors (Lipinski definition) is 0. The summed E-state index contributed by atoms with van der Waals surface area (Å²) in [6.45, 7) is 12.1. The normalized spacial score (nSPS) is 22.9. The molecule has 4 rings (SSSR count). The molecule has 4 nitrogen and oxygen atoms in total. The molecule has 1 saturated carbocycles. The van der Waals surface area contributed by atoms with Crippen LogP contribution in [0.4, 0.5) is 0 Å². The van der Waals surface area contributed by atoms with Crippen LogP contribution >= 0.6 is 0 Å². The zero-order chi connectivity index (χ0) is 28.2. The van der Waals surface area contributed by atoms with E-state index in [0.717, 1.165) is 11.5 Å². The van der Waals surface area contributed by atoms with Crippen LogP contribution in [0.3, 0.4) is 0 Å². The quantitative estimate of drug-likeness (QED) is 0.252. The summed E-state index contributed by atoms with van der Waals surface area (Å²) >= 11 is 0. The highest BCUT2D eigenvalue weighted by atomic mass is 16.5. The van der Waals surface area contributed by atoms with Gasteiger partial charge >= 0.3 is 5.97 Å². The molecule has 1 aliphatic heterocycles. The molecule has 1 amide bonds. The number of carbonyl (C=O) groups excluding carboxylic acids is 2. The average molecular weight is 532 g/mol. The summed E-state index contributed by atoms with van der Waals surface area (Å²) in [4.78, 5) is 27.2. The molecule has 1 heterocycles. The molecule has 1 saturated heterocycles. The van der Waals surface area contributed by atoms with Gasteiger partial charge in [-0.2, -0.15) is 0 Å². The third-order valence-corrected chi connectivity index (χ3v) is 9.15. The maximum Gasteiger partial charge on any atom is 0.338 e. The molecule has 1 aliphatic carbocycles. The van der Waals surface area contributed by atoms with Crippen LogP contribution in [0.5, 0.6) is 0 Å². The van der Waals surface area contributed by atoms with Gasteiger partial charge in [0.1, 0.15) is 6.10 Å². The van der Waals surface area contributed by atoms with Gasteiger partial charge in [0.15, 0.2) is 0 Å². The number of ether oxygens (including phenoxy) is 1. The van der Waals surface area contributed by atoms with E-state index >= 15 is 0 Å². The van der Waals surface area contributed by atoms with Crippen LogP contribution in [0.25, 0.3) is 11.1 Å². The fourth-order valence-corrected chi connectivity index (χ4v) is 7.56. The molecule has 0 aromatic heterocycles. The zero-order valence-corrected chi connectivity index (χ0v) is 25.1. The van der Waals surface area contributed by atoms with Crippen molar-refractivity contribution in [3.63, 3.8) is 0 Å². The van der Waals surface area contributed by atoms with Crippen molar-refractivity contribution in [3.8, 4) is 11.1 Å². The van der Waals surface area contributed by atoms with E-state index in [9.17, 15) is 9.59 Å². The van der Waals surface area contributed by atoms with Crippen molar-refractivity contribution in [2.24, 2.45) is 5.92 Å². The van der Waals surface area contributed by atoms with E-state index in [1.807, 2.05) is 29.2 Å². The topological polar surface area (TPSA) is 46.6 Å². The Morgan fingerprint density at radius 2 is 1.36 bits per heavy atom. The van der Waals surface area contributed by atoms with E-state index in [4.69, 9.17) is 4.74 Å². The Balaban J connectivity index is 1.33. The molecule has 2 aliphatic rings. The van der Waals surface area contributed by atoms with Crippen molar-refractivity contribution in [2.45, 2.75) is 129 Å². The zero-order valence-electron chi connectivity index (χ0n) is 25.1. The third kappa shape index (κ3) is 7.13. The number of carbonyl (C=O) groups is 2. The van der Waals surface area contributed by atoms with Gasteiger partial charge in [0.05, 0.1) is 5.56 Å². The predicted molar refractivity (Wildman–Crippen MR) is 160 cm³/mol. The maximum atomic E-state index is 13.0. The molecule has 212 valence electrons. The molecule has 2 aromatic carbocycles. The molecule has 0 radical (unpaired) electrons. The van der Waals surface area contributed by atoms with E-state index < -0.39 is 0 Å². The number of hydrogen-bond acceptors (Lipinski definition) is 3. The molecule has 2 fully saturated rings. The molecule has 39 heavy (non-hydrogen) atoms. The molecular formula is C35H49NO3. The standard InChI is InChI=1S/C35H49NO3/c1-7-8-9-10-26-11-13-27(14-12-26)28-15-17-29(18-16-28)30-19-21-31(22-20-30)33(38)39-32-23-34(3,4)36(25(2)37)35(5,6)24-32/h15-22,26-27,32H,7-14,23-24H2,1-6H3/t26-,27-. The van der Waals surface area contributed by atoms with Gasteiger partial charge in [-0.25, -0.2) is 4.79 Å². The highest BCUT2D eigenvalue weighted by Gasteiger charge is 2.47. The van der Waals surface area contributed by atoms with Crippen LogP contribution in [0, 0.1) is 5.92 Å². The average Bonchev–Trinajstić information content (AvgIpc) is 2.87. The Kier molecular flexibility index (Phi) is 9.24. The van der Waals surface area contributed by atoms with Gasteiger partial charge in [-0.05, 0) is 94.0 Å². The predicted octanol–water partition coefficient (Wildman–Crippen LogP) is 8.93. The van der Waals surface area contributed by atoms with Crippen LogP contribution in [-0.2, 0) is 9.53 Å². The number of nitrogens with zero attached hydrogens (tertiary/aromatic N) is 1. The lowest BCUT2D eigenvalue weighted by Crippen LogP contribution is -2.63. The van der Waals surface area contributed by atoms with Crippen molar-refractivity contribution in [1.29, 1.82) is 0 Å². The second-order valence-corrected chi connectivity index (χ2v) is 13.3. The molecular weight excluding hydrogens is 482 g/mol. The Labute approximate surface area is 236 Å². The summed E-state index contributed by atoms with van der Waals surface area (Å²) in [5, 5.41) is 0. The minimum atomic E-state index is -0.373. The molecule has 0 unspecified atom stereocenters.